The molecular weight excluding hydrogens is 378 g/mol. The second kappa shape index (κ2) is 7.23. The van der Waals surface area contributed by atoms with E-state index in [4.69, 9.17) is 18.3 Å². The van der Waals surface area contributed by atoms with Crippen LogP contribution in [0.25, 0.3) is 0 Å². The number of hydrogen-bond acceptors (Lipinski definition) is 7. The van der Waals surface area contributed by atoms with E-state index < -0.39 is 23.5 Å². The summed E-state index contributed by atoms with van der Waals surface area (Å²) in [4.78, 5) is 27.3. The minimum absolute atomic E-state index is 0.000906. The molecule has 0 aliphatic carbocycles. The van der Waals surface area contributed by atoms with Gasteiger partial charge in [-0.2, -0.15) is 0 Å². The van der Waals surface area contributed by atoms with E-state index in [2.05, 4.69) is 0 Å². The molecule has 1 aliphatic heterocycles. The first-order valence-electron chi connectivity index (χ1n) is 8.66. The number of anilines is 1. The van der Waals surface area contributed by atoms with Gasteiger partial charge in [0.05, 0.1) is 38.0 Å². The zero-order valence-electron chi connectivity index (χ0n) is 15.6. The number of methoxy groups -OCH3 is 2. The van der Waals surface area contributed by atoms with Crippen molar-refractivity contribution in [1.29, 1.82) is 0 Å². The highest BCUT2D eigenvalue weighted by Gasteiger charge is 2.46. The summed E-state index contributed by atoms with van der Waals surface area (Å²) < 4.78 is 21.2. The number of amides is 1. The van der Waals surface area contributed by atoms with Gasteiger partial charge in [0.25, 0.3) is 5.91 Å². The number of carbonyl (C=O) groups excluding carboxylic acids is 2. The van der Waals surface area contributed by atoms with Gasteiger partial charge in [-0.15, -0.1) is 0 Å². The van der Waals surface area contributed by atoms with Crippen LogP contribution in [0, 0.1) is 0 Å². The third-order valence-corrected chi connectivity index (χ3v) is 4.62. The standard InChI is InChI=1S/C21H17NO7/c1-26-13-9-12(10-14(11-13)27-2)22-18(15-5-3-7-28-15)17(20(24)21(22)25)19(23)16-6-4-8-29-16/h3-11,18,24H,1-2H3. The van der Waals surface area contributed by atoms with Crippen molar-refractivity contribution in [2.75, 3.05) is 19.1 Å². The van der Waals surface area contributed by atoms with Crippen LogP contribution in [-0.4, -0.2) is 31.0 Å². The number of ketones is 1. The van der Waals surface area contributed by atoms with E-state index in [9.17, 15) is 14.7 Å². The summed E-state index contributed by atoms with van der Waals surface area (Å²) in [7, 11) is 2.96. The number of hydrogen-bond donors (Lipinski definition) is 1. The molecule has 0 fully saturated rings. The average molecular weight is 395 g/mol. The Morgan fingerprint density at radius 1 is 1.03 bits per heavy atom. The summed E-state index contributed by atoms with van der Waals surface area (Å²) in [6, 6.07) is 10.1. The van der Waals surface area contributed by atoms with Crippen molar-refractivity contribution in [3.63, 3.8) is 0 Å². The maximum atomic E-state index is 13.0. The molecule has 1 aromatic carbocycles. The van der Waals surface area contributed by atoms with Crippen LogP contribution in [0.4, 0.5) is 5.69 Å². The fourth-order valence-corrected chi connectivity index (χ4v) is 3.29. The molecule has 8 nitrogen and oxygen atoms in total. The Morgan fingerprint density at radius 2 is 1.69 bits per heavy atom. The Bertz CT molecular complexity index is 1060. The highest BCUT2D eigenvalue weighted by molar-refractivity contribution is 6.20. The number of benzene rings is 1. The van der Waals surface area contributed by atoms with Crippen molar-refractivity contribution in [3.8, 4) is 11.5 Å². The lowest BCUT2D eigenvalue weighted by Crippen LogP contribution is -2.30. The van der Waals surface area contributed by atoms with Gasteiger partial charge in [-0.1, -0.05) is 0 Å². The first-order valence-corrected chi connectivity index (χ1v) is 8.66. The molecule has 1 unspecified atom stereocenters. The number of aliphatic hydroxyl groups is 1. The molecule has 1 atom stereocenters. The SMILES string of the molecule is COc1cc(OC)cc(N2C(=O)C(O)=C(C(=O)c3ccco3)C2c2ccco2)c1. The molecule has 4 rings (SSSR count). The number of rotatable bonds is 6. The maximum Gasteiger partial charge on any atom is 0.294 e. The van der Waals surface area contributed by atoms with Crippen molar-refractivity contribution >= 4 is 17.4 Å². The van der Waals surface area contributed by atoms with Gasteiger partial charge in [0, 0.05) is 18.2 Å². The Morgan fingerprint density at radius 3 is 2.24 bits per heavy atom. The molecule has 1 amide bonds. The van der Waals surface area contributed by atoms with Gasteiger partial charge < -0.3 is 23.4 Å². The normalized spacial score (nSPS) is 16.4. The molecule has 0 radical (unpaired) electrons. The van der Waals surface area contributed by atoms with Crippen LogP contribution >= 0.6 is 0 Å². The number of carbonyl (C=O) groups is 2. The van der Waals surface area contributed by atoms with Gasteiger partial charge in [-0.3, -0.25) is 14.5 Å². The minimum atomic E-state index is -0.994. The summed E-state index contributed by atoms with van der Waals surface area (Å²) >= 11 is 0. The summed E-state index contributed by atoms with van der Waals surface area (Å²) in [6.45, 7) is 0. The fourth-order valence-electron chi connectivity index (χ4n) is 3.29. The molecule has 3 aromatic rings. The van der Waals surface area contributed by atoms with Crippen LogP contribution in [-0.2, 0) is 4.79 Å². The minimum Gasteiger partial charge on any atom is -0.503 e. The van der Waals surface area contributed by atoms with E-state index in [1.807, 2.05) is 0 Å². The number of Topliss-reactive ketones (excluding diaryl/α,β-unsaturated/α-hetero) is 1. The highest BCUT2D eigenvalue weighted by atomic mass is 16.5. The highest BCUT2D eigenvalue weighted by Crippen LogP contribution is 2.43. The van der Waals surface area contributed by atoms with E-state index in [1.165, 1.54) is 37.7 Å². The van der Waals surface area contributed by atoms with Crippen LogP contribution in [0.1, 0.15) is 22.4 Å². The van der Waals surface area contributed by atoms with Crippen LogP contribution in [0.2, 0.25) is 0 Å². The van der Waals surface area contributed by atoms with Gasteiger partial charge in [-0.05, 0) is 24.3 Å². The summed E-state index contributed by atoms with van der Waals surface area (Å²) in [6.07, 6.45) is 2.77. The molecule has 0 spiro atoms. The lowest BCUT2D eigenvalue weighted by Gasteiger charge is -2.25. The van der Waals surface area contributed by atoms with Gasteiger partial charge in [0.1, 0.15) is 23.3 Å². The van der Waals surface area contributed by atoms with Crippen molar-refractivity contribution in [3.05, 3.63) is 77.8 Å². The molecular formula is C21H17NO7. The second-order valence-electron chi connectivity index (χ2n) is 6.23. The van der Waals surface area contributed by atoms with Crippen molar-refractivity contribution < 1.29 is 33.0 Å². The third-order valence-electron chi connectivity index (χ3n) is 4.62. The Kier molecular flexibility index (Phi) is 4.59. The molecule has 29 heavy (non-hydrogen) atoms. The fraction of sp³-hybridized carbons (Fsp3) is 0.143. The monoisotopic (exact) mass is 395 g/mol. The van der Waals surface area contributed by atoms with Crippen LogP contribution in [0.5, 0.6) is 11.5 Å². The Labute approximate surface area is 165 Å². The van der Waals surface area contributed by atoms with Gasteiger partial charge >= 0.3 is 0 Å². The van der Waals surface area contributed by atoms with Crippen molar-refractivity contribution in [2.24, 2.45) is 0 Å². The molecule has 148 valence electrons. The lowest BCUT2D eigenvalue weighted by molar-refractivity contribution is -0.117. The largest absolute Gasteiger partial charge is 0.503 e. The zero-order valence-corrected chi connectivity index (χ0v) is 15.6. The van der Waals surface area contributed by atoms with E-state index in [-0.39, 0.29) is 11.3 Å². The molecule has 1 N–H and O–H groups in total. The summed E-state index contributed by atoms with van der Waals surface area (Å²) in [5, 5.41) is 10.6. The van der Waals surface area contributed by atoms with Crippen LogP contribution in [0.15, 0.2) is 75.2 Å². The molecule has 3 heterocycles. The van der Waals surface area contributed by atoms with E-state index in [1.54, 1.807) is 36.4 Å². The number of nitrogens with zero attached hydrogens (tertiary/aromatic N) is 1. The summed E-state index contributed by atoms with van der Waals surface area (Å²) in [5.74, 6) is -0.850. The van der Waals surface area contributed by atoms with Crippen LogP contribution < -0.4 is 14.4 Å². The first kappa shape index (κ1) is 18.4. The van der Waals surface area contributed by atoms with Gasteiger partial charge in [-0.25, -0.2) is 0 Å². The topological polar surface area (TPSA) is 102 Å². The number of aliphatic hydroxyl groups excluding tert-OH is 1. The van der Waals surface area contributed by atoms with Crippen molar-refractivity contribution in [1.82, 2.24) is 0 Å². The van der Waals surface area contributed by atoms with E-state index in [0.29, 0.717) is 22.9 Å². The Hall–Kier alpha value is -3.94. The number of ether oxygens (including phenoxy) is 2. The molecule has 1 aliphatic rings. The smallest absolute Gasteiger partial charge is 0.294 e. The van der Waals surface area contributed by atoms with Crippen molar-refractivity contribution in [2.45, 2.75) is 6.04 Å². The van der Waals surface area contributed by atoms with Gasteiger partial charge in [0.2, 0.25) is 5.78 Å². The van der Waals surface area contributed by atoms with E-state index in [0.717, 1.165) is 0 Å². The molecule has 8 heteroatoms. The third kappa shape index (κ3) is 3.04. The molecule has 0 bridgehead atoms. The van der Waals surface area contributed by atoms with Gasteiger partial charge in [0.15, 0.2) is 11.5 Å². The second-order valence-corrected chi connectivity index (χ2v) is 6.23. The average Bonchev–Trinajstić information content (AvgIpc) is 3.49. The van der Waals surface area contributed by atoms with E-state index >= 15 is 0 Å². The summed E-state index contributed by atoms with van der Waals surface area (Å²) in [5.41, 5.74) is 0.225. The predicted octanol–water partition coefficient (Wildman–Crippen LogP) is 3.67. The quantitative estimate of drug-likeness (QED) is 0.635. The molecule has 0 saturated carbocycles. The lowest BCUT2D eigenvalue weighted by atomic mass is 9.99. The predicted molar refractivity (Wildman–Crippen MR) is 101 cm³/mol. The van der Waals surface area contributed by atoms with Crippen LogP contribution in [0.3, 0.4) is 0 Å². The molecule has 2 aromatic heterocycles. The first-order chi connectivity index (χ1) is 14.0. The number of furan rings is 2. The zero-order chi connectivity index (χ0) is 20.5. The Balaban J connectivity index is 1.87. The maximum absolute atomic E-state index is 13.0. The molecule has 0 saturated heterocycles.